The summed E-state index contributed by atoms with van der Waals surface area (Å²) in [6.07, 6.45) is 3.27. The zero-order valence-electron chi connectivity index (χ0n) is 11.7. The van der Waals surface area contributed by atoms with Crippen LogP contribution in [0.5, 0.6) is 0 Å². The van der Waals surface area contributed by atoms with Crippen LogP contribution in [0.1, 0.15) is 43.6 Å². The first-order valence-corrected chi connectivity index (χ1v) is 7.11. The van der Waals surface area contributed by atoms with Gasteiger partial charge in [-0.15, -0.1) is 10.2 Å². The molecule has 0 spiro atoms. The maximum absolute atomic E-state index is 12.2. The molecule has 0 aliphatic carbocycles. The molecule has 1 saturated heterocycles. The van der Waals surface area contributed by atoms with Crippen molar-refractivity contribution in [2.75, 3.05) is 25.0 Å². The fourth-order valence-corrected chi connectivity index (χ4v) is 2.31. The Morgan fingerprint density at radius 3 is 2.84 bits per heavy atom. The van der Waals surface area contributed by atoms with Gasteiger partial charge in [0.1, 0.15) is 5.82 Å². The van der Waals surface area contributed by atoms with Crippen LogP contribution in [0.4, 0.5) is 5.82 Å². The van der Waals surface area contributed by atoms with Crippen LogP contribution in [0.15, 0.2) is 12.1 Å². The number of carbonyl (C=O) groups excluding carboxylic acids is 1. The van der Waals surface area contributed by atoms with Gasteiger partial charge < -0.3 is 10.2 Å². The van der Waals surface area contributed by atoms with Crippen molar-refractivity contribution >= 4 is 11.7 Å². The molecule has 2 heterocycles. The highest BCUT2D eigenvalue weighted by Gasteiger charge is 2.26. The van der Waals surface area contributed by atoms with E-state index in [0.29, 0.717) is 11.6 Å². The monoisotopic (exact) mass is 262 g/mol. The van der Waals surface area contributed by atoms with E-state index >= 15 is 0 Å². The standard InChI is InChI=1S/C14H22N4O/c1-3-8-15-13-6-5-12(16-17-13)14(19)18-9-7-11(4-2)10-18/h5-6,11H,3-4,7-10H2,1-2H3,(H,15,17). The lowest BCUT2D eigenvalue weighted by Gasteiger charge is -2.15. The van der Waals surface area contributed by atoms with E-state index < -0.39 is 0 Å². The molecule has 1 unspecified atom stereocenters. The molecule has 0 saturated carbocycles. The molecule has 0 radical (unpaired) electrons. The summed E-state index contributed by atoms with van der Waals surface area (Å²) in [5.41, 5.74) is 0.443. The lowest BCUT2D eigenvalue weighted by Crippen LogP contribution is -2.29. The fourth-order valence-electron chi connectivity index (χ4n) is 2.31. The Bertz CT molecular complexity index is 418. The second-order valence-electron chi connectivity index (χ2n) is 5.04. The number of carbonyl (C=O) groups is 1. The highest BCUT2D eigenvalue weighted by atomic mass is 16.2. The second kappa shape index (κ2) is 6.50. The first kappa shape index (κ1) is 13.8. The maximum Gasteiger partial charge on any atom is 0.274 e. The Morgan fingerprint density at radius 2 is 2.26 bits per heavy atom. The molecule has 2 rings (SSSR count). The van der Waals surface area contributed by atoms with Gasteiger partial charge in [0.2, 0.25) is 0 Å². The van der Waals surface area contributed by atoms with E-state index in [0.717, 1.165) is 44.7 Å². The van der Waals surface area contributed by atoms with Gasteiger partial charge in [-0.1, -0.05) is 20.3 Å². The van der Waals surface area contributed by atoms with Gasteiger partial charge in [0.15, 0.2) is 5.69 Å². The molecule has 1 amide bonds. The predicted molar refractivity (Wildman–Crippen MR) is 75.1 cm³/mol. The van der Waals surface area contributed by atoms with Crippen molar-refractivity contribution in [3.8, 4) is 0 Å². The Hall–Kier alpha value is -1.65. The van der Waals surface area contributed by atoms with Gasteiger partial charge in [0.05, 0.1) is 0 Å². The SMILES string of the molecule is CCCNc1ccc(C(=O)N2CCC(CC)C2)nn1. The van der Waals surface area contributed by atoms with Crippen molar-refractivity contribution < 1.29 is 4.79 Å². The minimum absolute atomic E-state index is 0.00508. The van der Waals surface area contributed by atoms with Crippen LogP contribution in [0.2, 0.25) is 0 Å². The third-order valence-corrected chi connectivity index (χ3v) is 3.59. The lowest BCUT2D eigenvalue weighted by molar-refractivity contribution is 0.0780. The summed E-state index contributed by atoms with van der Waals surface area (Å²) in [4.78, 5) is 14.1. The van der Waals surface area contributed by atoms with Crippen molar-refractivity contribution in [3.05, 3.63) is 17.8 Å². The smallest absolute Gasteiger partial charge is 0.274 e. The second-order valence-corrected chi connectivity index (χ2v) is 5.04. The molecule has 1 aromatic heterocycles. The number of aromatic nitrogens is 2. The predicted octanol–water partition coefficient (Wildman–Crippen LogP) is 2.17. The van der Waals surface area contributed by atoms with Crippen molar-refractivity contribution in [1.29, 1.82) is 0 Å². The average Bonchev–Trinajstić information content (AvgIpc) is 2.94. The summed E-state index contributed by atoms with van der Waals surface area (Å²) < 4.78 is 0. The van der Waals surface area contributed by atoms with E-state index in [4.69, 9.17) is 0 Å². The molecule has 1 atom stereocenters. The number of nitrogens with one attached hydrogen (secondary N) is 1. The number of nitrogens with zero attached hydrogens (tertiary/aromatic N) is 3. The van der Waals surface area contributed by atoms with Crippen molar-refractivity contribution in [3.63, 3.8) is 0 Å². The zero-order chi connectivity index (χ0) is 13.7. The minimum Gasteiger partial charge on any atom is -0.369 e. The van der Waals surface area contributed by atoms with Gasteiger partial charge in [-0.3, -0.25) is 4.79 Å². The van der Waals surface area contributed by atoms with Crippen LogP contribution in [-0.4, -0.2) is 40.6 Å². The minimum atomic E-state index is 0.00508. The van der Waals surface area contributed by atoms with E-state index in [1.54, 1.807) is 6.07 Å². The van der Waals surface area contributed by atoms with Gasteiger partial charge in [-0.25, -0.2) is 0 Å². The molecule has 104 valence electrons. The normalized spacial score (nSPS) is 18.6. The van der Waals surface area contributed by atoms with E-state index in [2.05, 4.69) is 29.4 Å². The zero-order valence-corrected chi connectivity index (χ0v) is 11.7. The fraction of sp³-hybridized carbons (Fsp3) is 0.643. The molecule has 1 fully saturated rings. The van der Waals surface area contributed by atoms with Gasteiger partial charge in [0.25, 0.3) is 5.91 Å². The quantitative estimate of drug-likeness (QED) is 0.883. The van der Waals surface area contributed by atoms with Crippen LogP contribution in [0.25, 0.3) is 0 Å². The Kier molecular flexibility index (Phi) is 4.71. The van der Waals surface area contributed by atoms with Gasteiger partial charge in [-0.05, 0) is 30.9 Å². The largest absolute Gasteiger partial charge is 0.369 e. The van der Waals surface area contributed by atoms with E-state index in [1.165, 1.54) is 0 Å². The van der Waals surface area contributed by atoms with Crippen LogP contribution in [-0.2, 0) is 0 Å². The number of amides is 1. The number of hydrogen-bond acceptors (Lipinski definition) is 4. The van der Waals surface area contributed by atoms with Gasteiger partial charge in [-0.2, -0.15) is 0 Å². The maximum atomic E-state index is 12.2. The van der Waals surface area contributed by atoms with Crippen LogP contribution >= 0.6 is 0 Å². The number of anilines is 1. The molecule has 5 heteroatoms. The van der Waals surface area contributed by atoms with Crippen molar-refractivity contribution in [2.24, 2.45) is 5.92 Å². The number of likely N-dealkylation sites (tertiary alicyclic amines) is 1. The molecule has 0 bridgehead atoms. The Morgan fingerprint density at radius 1 is 1.42 bits per heavy atom. The summed E-state index contributed by atoms with van der Waals surface area (Å²) in [6, 6.07) is 3.58. The molecule has 1 aliphatic heterocycles. The Labute approximate surface area is 114 Å². The molecule has 1 N–H and O–H groups in total. The number of hydrogen-bond donors (Lipinski definition) is 1. The van der Waals surface area contributed by atoms with E-state index in [9.17, 15) is 4.79 Å². The Balaban J connectivity index is 1.96. The third-order valence-electron chi connectivity index (χ3n) is 3.59. The number of rotatable bonds is 5. The van der Waals surface area contributed by atoms with Crippen molar-refractivity contribution in [1.82, 2.24) is 15.1 Å². The molecule has 0 aromatic carbocycles. The van der Waals surface area contributed by atoms with Crippen LogP contribution < -0.4 is 5.32 Å². The molecule has 19 heavy (non-hydrogen) atoms. The van der Waals surface area contributed by atoms with Crippen molar-refractivity contribution in [2.45, 2.75) is 33.1 Å². The summed E-state index contributed by atoms with van der Waals surface area (Å²) in [6.45, 7) is 6.83. The molecule has 1 aliphatic rings. The molecule has 5 nitrogen and oxygen atoms in total. The van der Waals surface area contributed by atoms with E-state index in [1.807, 2.05) is 11.0 Å². The topological polar surface area (TPSA) is 58.1 Å². The summed E-state index contributed by atoms with van der Waals surface area (Å²) in [5.74, 6) is 1.37. The average molecular weight is 262 g/mol. The van der Waals surface area contributed by atoms with Gasteiger partial charge in [0, 0.05) is 19.6 Å². The summed E-state index contributed by atoms with van der Waals surface area (Å²) in [5, 5.41) is 11.2. The molecular formula is C14H22N4O. The summed E-state index contributed by atoms with van der Waals surface area (Å²) >= 11 is 0. The highest BCUT2D eigenvalue weighted by molar-refractivity contribution is 5.92. The first-order valence-electron chi connectivity index (χ1n) is 7.11. The summed E-state index contributed by atoms with van der Waals surface area (Å²) in [7, 11) is 0. The van der Waals surface area contributed by atoms with Gasteiger partial charge >= 0.3 is 0 Å². The lowest BCUT2D eigenvalue weighted by atomic mass is 10.1. The van der Waals surface area contributed by atoms with Crippen LogP contribution in [0, 0.1) is 5.92 Å². The third kappa shape index (κ3) is 3.43. The highest BCUT2D eigenvalue weighted by Crippen LogP contribution is 2.20. The van der Waals surface area contributed by atoms with Crippen LogP contribution in [0.3, 0.4) is 0 Å². The molecular weight excluding hydrogens is 240 g/mol. The first-order chi connectivity index (χ1) is 9.24. The molecule has 1 aromatic rings. The van der Waals surface area contributed by atoms with E-state index in [-0.39, 0.29) is 5.91 Å².